The van der Waals surface area contributed by atoms with Gasteiger partial charge in [-0.3, -0.25) is 9.63 Å². The number of hydroxylamine groups is 1. The number of carbonyl (C=O) groups is 1. The number of carbonyl (C=O) groups excluding carboxylic acids is 1. The highest BCUT2D eigenvalue weighted by Gasteiger charge is 2.52. The van der Waals surface area contributed by atoms with E-state index in [4.69, 9.17) is 14.7 Å². The standard InChI is InChI=1S/C13H23NO4/c1-13(9-10-2-3-11(13)8-10)12(16)14-18-7-6-17-5-4-15/h10-11,15H,2-9H2,1H3,(H,14,16). The molecule has 2 bridgehead atoms. The summed E-state index contributed by atoms with van der Waals surface area (Å²) in [6.07, 6.45) is 4.65. The summed E-state index contributed by atoms with van der Waals surface area (Å²) in [5, 5.41) is 8.51. The summed E-state index contributed by atoms with van der Waals surface area (Å²) >= 11 is 0. The normalized spacial score (nSPS) is 33.9. The van der Waals surface area contributed by atoms with E-state index in [1.165, 1.54) is 19.3 Å². The molecule has 0 heterocycles. The van der Waals surface area contributed by atoms with Crippen molar-refractivity contribution < 1.29 is 19.5 Å². The Morgan fingerprint density at radius 1 is 1.39 bits per heavy atom. The van der Waals surface area contributed by atoms with Crippen molar-refractivity contribution in [2.45, 2.75) is 32.6 Å². The first-order valence-electron chi connectivity index (χ1n) is 6.77. The van der Waals surface area contributed by atoms with Crippen LogP contribution in [-0.4, -0.2) is 37.4 Å². The lowest BCUT2D eigenvalue weighted by Gasteiger charge is -2.31. The van der Waals surface area contributed by atoms with E-state index in [1.807, 2.05) is 0 Å². The van der Waals surface area contributed by atoms with Crippen LogP contribution in [0.2, 0.25) is 0 Å². The average molecular weight is 257 g/mol. The van der Waals surface area contributed by atoms with E-state index in [-0.39, 0.29) is 17.9 Å². The number of amides is 1. The van der Waals surface area contributed by atoms with Crippen molar-refractivity contribution in [2.24, 2.45) is 17.3 Å². The summed E-state index contributed by atoms with van der Waals surface area (Å²) in [5.41, 5.74) is 2.30. The van der Waals surface area contributed by atoms with E-state index in [1.54, 1.807) is 0 Å². The fourth-order valence-electron chi connectivity index (χ4n) is 3.38. The van der Waals surface area contributed by atoms with Gasteiger partial charge in [0.2, 0.25) is 5.91 Å². The molecule has 0 saturated heterocycles. The van der Waals surface area contributed by atoms with Crippen molar-refractivity contribution in [3.63, 3.8) is 0 Å². The molecular weight excluding hydrogens is 234 g/mol. The van der Waals surface area contributed by atoms with E-state index in [9.17, 15) is 4.79 Å². The molecule has 0 aromatic heterocycles. The van der Waals surface area contributed by atoms with Gasteiger partial charge in [0.15, 0.2) is 0 Å². The minimum absolute atomic E-state index is 0.00744. The summed E-state index contributed by atoms with van der Waals surface area (Å²) in [4.78, 5) is 17.2. The zero-order valence-corrected chi connectivity index (χ0v) is 11.0. The predicted molar refractivity (Wildman–Crippen MR) is 65.6 cm³/mol. The number of ether oxygens (including phenoxy) is 1. The van der Waals surface area contributed by atoms with Gasteiger partial charge in [-0.15, -0.1) is 0 Å². The minimum Gasteiger partial charge on any atom is -0.394 e. The van der Waals surface area contributed by atoms with Crippen LogP contribution in [0.25, 0.3) is 0 Å². The SMILES string of the molecule is CC1(C(=O)NOCCOCCO)CC2CCC1C2. The van der Waals surface area contributed by atoms with Crippen LogP contribution in [0, 0.1) is 17.3 Å². The van der Waals surface area contributed by atoms with Crippen molar-refractivity contribution in [3.05, 3.63) is 0 Å². The lowest BCUT2D eigenvalue weighted by molar-refractivity contribution is -0.147. The maximum Gasteiger partial charge on any atom is 0.249 e. The fourth-order valence-corrected chi connectivity index (χ4v) is 3.38. The molecule has 2 saturated carbocycles. The quantitative estimate of drug-likeness (QED) is 0.524. The third kappa shape index (κ3) is 2.84. The molecule has 104 valence electrons. The van der Waals surface area contributed by atoms with E-state index >= 15 is 0 Å². The van der Waals surface area contributed by atoms with E-state index in [0.717, 1.165) is 12.3 Å². The molecule has 3 atom stereocenters. The van der Waals surface area contributed by atoms with Crippen LogP contribution in [0.1, 0.15) is 32.6 Å². The van der Waals surface area contributed by atoms with Crippen LogP contribution in [0.15, 0.2) is 0 Å². The van der Waals surface area contributed by atoms with Crippen molar-refractivity contribution in [2.75, 3.05) is 26.4 Å². The van der Waals surface area contributed by atoms with Crippen LogP contribution >= 0.6 is 0 Å². The molecule has 2 rings (SSSR count). The number of rotatable bonds is 7. The molecule has 2 aliphatic rings. The second-order valence-electron chi connectivity index (χ2n) is 5.61. The van der Waals surface area contributed by atoms with Crippen molar-refractivity contribution in [1.82, 2.24) is 5.48 Å². The topological polar surface area (TPSA) is 67.8 Å². The Morgan fingerprint density at radius 3 is 2.83 bits per heavy atom. The lowest BCUT2D eigenvalue weighted by Crippen LogP contribution is -2.42. The first-order chi connectivity index (χ1) is 8.66. The van der Waals surface area contributed by atoms with Gasteiger partial charge in [-0.2, -0.15) is 0 Å². The summed E-state index contributed by atoms with van der Waals surface area (Å²) in [5.74, 6) is 1.27. The number of aliphatic hydroxyl groups is 1. The van der Waals surface area contributed by atoms with Crippen molar-refractivity contribution >= 4 is 5.91 Å². The summed E-state index contributed by atoms with van der Waals surface area (Å²) in [6.45, 7) is 3.06. The first kappa shape index (κ1) is 13.8. The summed E-state index contributed by atoms with van der Waals surface area (Å²) < 4.78 is 5.04. The highest BCUT2D eigenvalue weighted by molar-refractivity contribution is 5.82. The van der Waals surface area contributed by atoms with Crippen LogP contribution in [0.3, 0.4) is 0 Å². The van der Waals surface area contributed by atoms with Gasteiger partial charge in [0.25, 0.3) is 0 Å². The van der Waals surface area contributed by atoms with Crippen molar-refractivity contribution in [3.8, 4) is 0 Å². The number of hydrogen-bond donors (Lipinski definition) is 2. The van der Waals surface area contributed by atoms with E-state index in [2.05, 4.69) is 12.4 Å². The number of fused-ring (bicyclic) bond motifs is 2. The molecule has 2 fully saturated rings. The molecule has 2 N–H and O–H groups in total. The third-order valence-corrected chi connectivity index (χ3v) is 4.40. The summed E-state index contributed by atoms with van der Waals surface area (Å²) in [6, 6.07) is 0. The molecular formula is C13H23NO4. The Bertz CT molecular complexity index is 297. The van der Waals surface area contributed by atoms with Gasteiger partial charge >= 0.3 is 0 Å². The van der Waals surface area contributed by atoms with E-state index in [0.29, 0.717) is 25.7 Å². The molecule has 5 heteroatoms. The zero-order valence-electron chi connectivity index (χ0n) is 11.0. The molecule has 0 radical (unpaired) electrons. The van der Waals surface area contributed by atoms with Gasteiger partial charge in [-0.25, -0.2) is 5.48 Å². The number of hydrogen-bond acceptors (Lipinski definition) is 4. The Hall–Kier alpha value is -0.650. The Kier molecular flexibility index (Phi) is 4.59. The van der Waals surface area contributed by atoms with Crippen molar-refractivity contribution in [1.29, 1.82) is 0 Å². The molecule has 3 unspecified atom stereocenters. The molecule has 1 amide bonds. The highest BCUT2D eigenvalue weighted by Crippen LogP contribution is 2.55. The van der Waals surface area contributed by atoms with Crippen LogP contribution < -0.4 is 5.48 Å². The molecule has 0 aromatic carbocycles. The number of nitrogens with one attached hydrogen (secondary N) is 1. The third-order valence-electron chi connectivity index (χ3n) is 4.40. The smallest absolute Gasteiger partial charge is 0.249 e. The van der Waals surface area contributed by atoms with Crippen LogP contribution in [0.4, 0.5) is 0 Å². The first-order valence-corrected chi connectivity index (χ1v) is 6.77. The average Bonchev–Trinajstić information content (AvgIpc) is 2.93. The van der Waals surface area contributed by atoms with Gasteiger partial charge in [0.05, 0.1) is 31.8 Å². The van der Waals surface area contributed by atoms with Crippen LogP contribution in [0.5, 0.6) is 0 Å². The maximum atomic E-state index is 12.1. The molecule has 5 nitrogen and oxygen atoms in total. The monoisotopic (exact) mass is 257 g/mol. The Balaban J connectivity index is 1.66. The fraction of sp³-hybridized carbons (Fsp3) is 0.923. The Labute approximate surface area is 108 Å². The van der Waals surface area contributed by atoms with Crippen LogP contribution in [-0.2, 0) is 14.4 Å². The zero-order chi connectivity index (χ0) is 13.0. The highest BCUT2D eigenvalue weighted by atomic mass is 16.7. The maximum absolute atomic E-state index is 12.1. The van der Waals surface area contributed by atoms with Gasteiger partial charge in [-0.1, -0.05) is 13.3 Å². The molecule has 18 heavy (non-hydrogen) atoms. The molecule has 0 aromatic rings. The van der Waals surface area contributed by atoms with Gasteiger partial charge in [-0.05, 0) is 31.1 Å². The second-order valence-corrected chi connectivity index (χ2v) is 5.61. The number of aliphatic hydroxyl groups excluding tert-OH is 1. The predicted octanol–water partition coefficient (Wildman–Crippen LogP) is 0.869. The molecule has 2 aliphatic carbocycles. The second kappa shape index (κ2) is 5.99. The largest absolute Gasteiger partial charge is 0.394 e. The lowest BCUT2D eigenvalue weighted by atomic mass is 9.74. The van der Waals surface area contributed by atoms with Gasteiger partial charge in [0.1, 0.15) is 0 Å². The minimum atomic E-state index is -0.241. The summed E-state index contributed by atoms with van der Waals surface area (Å²) in [7, 11) is 0. The molecule has 0 spiro atoms. The Morgan fingerprint density at radius 2 is 2.22 bits per heavy atom. The van der Waals surface area contributed by atoms with Gasteiger partial charge < -0.3 is 9.84 Å². The molecule has 0 aliphatic heterocycles. The van der Waals surface area contributed by atoms with E-state index < -0.39 is 0 Å². The van der Waals surface area contributed by atoms with Gasteiger partial charge in [0, 0.05) is 0 Å².